The fraction of sp³-hybridized carbons (Fsp3) is 0.556. The third kappa shape index (κ3) is 5.15. The number of nitrogens with one attached hydrogen (secondary N) is 1. The summed E-state index contributed by atoms with van der Waals surface area (Å²) in [5.74, 6) is 0.628. The van der Waals surface area contributed by atoms with E-state index in [4.69, 9.17) is 9.47 Å². The van der Waals surface area contributed by atoms with Crippen LogP contribution in [0.3, 0.4) is 0 Å². The highest BCUT2D eigenvalue weighted by molar-refractivity contribution is 5.94. The van der Waals surface area contributed by atoms with Crippen LogP contribution in [0.4, 0.5) is 4.79 Å². The number of unbranched alkanes of at least 4 members (excludes halogenated alkanes) is 1. The minimum atomic E-state index is -0.247. The minimum absolute atomic E-state index is 0.0827. The van der Waals surface area contributed by atoms with Gasteiger partial charge in [0, 0.05) is 24.7 Å². The van der Waals surface area contributed by atoms with Crippen molar-refractivity contribution in [3.63, 3.8) is 0 Å². The highest BCUT2D eigenvalue weighted by Crippen LogP contribution is 2.14. The van der Waals surface area contributed by atoms with Crippen molar-refractivity contribution in [1.29, 1.82) is 0 Å². The molecule has 2 rings (SSSR count). The summed E-state index contributed by atoms with van der Waals surface area (Å²) in [7, 11) is 1.59. The molecule has 0 bridgehead atoms. The van der Waals surface area contributed by atoms with Gasteiger partial charge in [0.2, 0.25) is 0 Å². The highest BCUT2D eigenvalue weighted by Gasteiger charge is 2.24. The largest absolute Gasteiger partial charge is 0.497 e. The van der Waals surface area contributed by atoms with Crippen molar-refractivity contribution in [2.24, 2.45) is 0 Å². The van der Waals surface area contributed by atoms with Gasteiger partial charge in [0.05, 0.1) is 13.7 Å². The average Bonchev–Trinajstić information content (AvgIpc) is 2.62. The summed E-state index contributed by atoms with van der Waals surface area (Å²) < 4.78 is 10.3. The molecule has 0 atom stereocenters. The van der Waals surface area contributed by atoms with Crippen LogP contribution >= 0.6 is 0 Å². The van der Waals surface area contributed by atoms with Crippen molar-refractivity contribution in [2.75, 3.05) is 26.8 Å². The average molecular weight is 334 g/mol. The fourth-order valence-electron chi connectivity index (χ4n) is 2.61. The molecular formula is C18H26N2O4. The number of carbonyl (C=O) groups is 2. The van der Waals surface area contributed by atoms with Gasteiger partial charge in [-0.05, 0) is 43.5 Å². The van der Waals surface area contributed by atoms with Crippen molar-refractivity contribution in [2.45, 2.75) is 38.6 Å². The monoisotopic (exact) mass is 334 g/mol. The maximum absolute atomic E-state index is 12.2. The zero-order valence-electron chi connectivity index (χ0n) is 14.4. The van der Waals surface area contributed by atoms with Crippen LogP contribution in [0, 0.1) is 0 Å². The molecule has 6 heteroatoms. The maximum atomic E-state index is 12.2. The number of benzene rings is 1. The van der Waals surface area contributed by atoms with Gasteiger partial charge in [-0.1, -0.05) is 13.3 Å². The van der Waals surface area contributed by atoms with E-state index in [1.165, 1.54) is 0 Å². The Bertz CT molecular complexity index is 536. The number of likely N-dealkylation sites (tertiary alicyclic amines) is 1. The summed E-state index contributed by atoms with van der Waals surface area (Å²) >= 11 is 0. The van der Waals surface area contributed by atoms with Gasteiger partial charge in [0.15, 0.2) is 0 Å². The lowest BCUT2D eigenvalue weighted by Gasteiger charge is -2.31. The van der Waals surface area contributed by atoms with Crippen LogP contribution in [0.1, 0.15) is 43.0 Å². The Kier molecular flexibility index (Phi) is 6.90. The number of methoxy groups -OCH3 is 1. The van der Waals surface area contributed by atoms with E-state index < -0.39 is 0 Å². The summed E-state index contributed by atoms with van der Waals surface area (Å²) in [6.07, 6.45) is 3.13. The number of carbonyl (C=O) groups excluding carboxylic acids is 2. The number of hydrogen-bond acceptors (Lipinski definition) is 4. The Morgan fingerprint density at radius 2 is 1.88 bits per heavy atom. The molecule has 1 fully saturated rings. The first-order valence-electron chi connectivity index (χ1n) is 8.50. The van der Waals surface area contributed by atoms with Gasteiger partial charge < -0.3 is 19.7 Å². The SMILES string of the molecule is CCCCOC(=O)N1CCC(NC(=O)c2ccc(OC)cc2)CC1. The molecule has 0 radical (unpaired) electrons. The Hall–Kier alpha value is -2.24. The number of amides is 2. The van der Waals surface area contributed by atoms with E-state index in [-0.39, 0.29) is 18.0 Å². The minimum Gasteiger partial charge on any atom is -0.497 e. The molecule has 0 saturated carbocycles. The van der Waals surface area contributed by atoms with E-state index in [1.807, 2.05) is 0 Å². The van der Waals surface area contributed by atoms with Gasteiger partial charge >= 0.3 is 6.09 Å². The third-order valence-electron chi connectivity index (χ3n) is 4.16. The van der Waals surface area contributed by atoms with Gasteiger partial charge in [0.1, 0.15) is 5.75 Å². The number of piperidine rings is 1. The van der Waals surface area contributed by atoms with E-state index >= 15 is 0 Å². The van der Waals surface area contributed by atoms with Crippen molar-refractivity contribution >= 4 is 12.0 Å². The highest BCUT2D eigenvalue weighted by atomic mass is 16.6. The maximum Gasteiger partial charge on any atom is 0.409 e. The summed E-state index contributed by atoms with van der Waals surface area (Å²) in [6.45, 7) is 3.76. The quantitative estimate of drug-likeness (QED) is 0.812. The van der Waals surface area contributed by atoms with E-state index in [0.29, 0.717) is 25.3 Å². The van der Waals surface area contributed by atoms with E-state index in [0.717, 1.165) is 31.4 Å². The normalized spacial score (nSPS) is 15.0. The van der Waals surface area contributed by atoms with Crippen molar-refractivity contribution in [1.82, 2.24) is 10.2 Å². The molecule has 0 aliphatic carbocycles. The van der Waals surface area contributed by atoms with E-state index in [2.05, 4.69) is 12.2 Å². The number of hydrogen-bond donors (Lipinski definition) is 1. The molecule has 0 unspecified atom stereocenters. The first-order valence-corrected chi connectivity index (χ1v) is 8.50. The zero-order valence-corrected chi connectivity index (χ0v) is 14.4. The lowest BCUT2D eigenvalue weighted by atomic mass is 10.0. The molecule has 24 heavy (non-hydrogen) atoms. The first kappa shape index (κ1) is 18.1. The Morgan fingerprint density at radius 1 is 1.21 bits per heavy atom. The standard InChI is InChI=1S/C18H26N2O4/c1-3-4-13-24-18(22)20-11-9-15(10-12-20)19-17(21)14-5-7-16(23-2)8-6-14/h5-8,15H,3-4,9-13H2,1-2H3,(H,19,21). The second-order valence-corrected chi connectivity index (χ2v) is 5.93. The van der Waals surface area contributed by atoms with Crippen LogP contribution in [0.25, 0.3) is 0 Å². The third-order valence-corrected chi connectivity index (χ3v) is 4.16. The van der Waals surface area contributed by atoms with Crippen LogP contribution in [-0.2, 0) is 4.74 Å². The van der Waals surface area contributed by atoms with E-state index in [9.17, 15) is 9.59 Å². The molecule has 1 aromatic carbocycles. The summed E-state index contributed by atoms with van der Waals surface area (Å²) in [4.78, 5) is 25.8. The summed E-state index contributed by atoms with van der Waals surface area (Å²) in [5.41, 5.74) is 0.609. The van der Waals surface area contributed by atoms with E-state index in [1.54, 1.807) is 36.3 Å². The molecule has 1 aliphatic heterocycles. The topological polar surface area (TPSA) is 67.9 Å². The molecule has 1 N–H and O–H groups in total. The van der Waals surface area contributed by atoms with Gasteiger partial charge in [-0.2, -0.15) is 0 Å². The second kappa shape index (κ2) is 9.15. The fourth-order valence-corrected chi connectivity index (χ4v) is 2.61. The molecule has 6 nitrogen and oxygen atoms in total. The summed E-state index contributed by atoms with van der Waals surface area (Å²) in [6, 6.07) is 7.11. The van der Waals surface area contributed by atoms with Gasteiger partial charge in [-0.25, -0.2) is 4.79 Å². The van der Waals surface area contributed by atoms with Gasteiger partial charge in [-0.3, -0.25) is 4.79 Å². The number of ether oxygens (including phenoxy) is 2. The summed E-state index contributed by atoms with van der Waals surface area (Å²) in [5, 5.41) is 3.03. The van der Waals surface area contributed by atoms with Crippen molar-refractivity contribution < 1.29 is 19.1 Å². The van der Waals surface area contributed by atoms with Crippen molar-refractivity contribution in [3.8, 4) is 5.75 Å². The second-order valence-electron chi connectivity index (χ2n) is 5.93. The van der Waals surface area contributed by atoms with Gasteiger partial charge in [0.25, 0.3) is 5.91 Å². The Balaban J connectivity index is 1.75. The van der Waals surface area contributed by atoms with Crippen LogP contribution in [0.15, 0.2) is 24.3 Å². The molecule has 0 spiro atoms. The predicted molar refractivity (Wildman–Crippen MR) is 91.3 cm³/mol. The molecule has 2 amide bonds. The Labute approximate surface area is 143 Å². The molecule has 1 aliphatic rings. The Morgan fingerprint density at radius 3 is 2.46 bits per heavy atom. The van der Waals surface area contributed by atoms with Crippen LogP contribution in [0.2, 0.25) is 0 Å². The molecule has 1 saturated heterocycles. The molecular weight excluding hydrogens is 308 g/mol. The lowest BCUT2D eigenvalue weighted by Crippen LogP contribution is -2.46. The molecule has 132 valence electrons. The molecule has 1 heterocycles. The number of nitrogens with zero attached hydrogens (tertiary/aromatic N) is 1. The van der Waals surface area contributed by atoms with Gasteiger partial charge in [-0.15, -0.1) is 0 Å². The molecule has 1 aromatic rings. The zero-order chi connectivity index (χ0) is 17.4. The lowest BCUT2D eigenvalue weighted by molar-refractivity contribution is 0.0836. The van der Waals surface area contributed by atoms with Crippen LogP contribution in [0.5, 0.6) is 5.75 Å². The predicted octanol–water partition coefficient (Wildman–Crippen LogP) is 2.83. The van der Waals surface area contributed by atoms with Crippen molar-refractivity contribution in [3.05, 3.63) is 29.8 Å². The van der Waals surface area contributed by atoms with Crippen LogP contribution < -0.4 is 10.1 Å². The van der Waals surface area contributed by atoms with Crippen LogP contribution in [-0.4, -0.2) is 49.7 Å². The number of rotatable bonds is 6. The smallest absolute Gasteiger partial charge is 0.409 e. The molecule has 0 aromatic heterocycles. The first-order chi connectivity index (χ1) is 11.6.